The first kappa shape index (κ1) is 37.2. The highest BCUT2D eigenvalue weighted by atomic mass is 32.2. The number of allylic oxidation sites excluding steroid dienone is 3. The zero-order valence-electron chi connectivity index (χ0n) is 31.9. The molecule has 2 aromatic rings. The summed E-state index contributed by atoms with van der Waals surface area (Å²) in [5.41, 5.74) is 4.35. The molecule has 1 aromatic heterocycles. The van der Waals surface area contributed by atoms with Crippen LogP contribution in [0.2, 0.25) is 0 Å². The van der Waals surface area contributed by atoms with Crippen LogP contribution in [-0.4, -0.2) is 40.9 Å². The highest BCUT2D eigenvalue weighted by Crippen LogP contribution is 2.76. The number of aromatic nitrogens is 1. The quantitative estimate of drug-likeness (QED) is 0.145. The van der Waals surface area contributed by atoms with Gasteiger partial charge in [-0.3, -0.25) is 0 Å². The molecule has 50 heavy (non-hydrogen) atoms. The van der Waals surface area contributed by atoms with Gasteiger partial charge in [0.1, 0.15) is 5.82 Å². The third kappa shape index (κ3) is 6.08. The predicted octanol–water partition coefficient (Wildman–Crippen LogP) is 11.0. The SMILES string of the molecule is C=CC.CSc1cccc(NCCNC23CCCC2C2CCC4C5(C)CC=C(c6ccc(C(=O)O)cc6)C(C)(C)C5CCC4(C)[C@]2(C)CC3)n1. The molecule has 0 bridgehead atoms. The molecule has 1 aromatic carbocycles. The van der Waals surface area contributed by atoms with Crippen LogP contribution in [0.1, 0.15) is 122 Å². The van der Waals surface area contributed by atoms with Crippen LogP contribution in [-0.2, 0) is 0 Å². The van der Waals surface area contributed by atoms with Gasteiger partial charge in [0, 0.05) is 18.6 Å². The van der Waals surface area contributed by atoms with Crippen molar-refractivity contribution < 1.29 is 9.90 Å². The number of anilines is 1. The van der Waals surface area contributed by atoms with Crippen LogP contribution in [0.3, 0.4) is 0 Å². The fourth-order valence-electron chi connectivity index (χ4n) is 12.9. The first-order valence-electron chi connectivity index (χ1n) is 19.4. The Labute approximate surface area is 307 Å². The molecular formula is C44H63N3O2S. The molecule has 8 atom stereocenters. The van der Waals surface area contributed by atoms with Crippen LogP contribution >= 0.6 is 11.8 Å². The summed E-state index contributed by atoms with van der Waals surface area (Å²) in [5.74, 6) is 3.07. The third-order valence-corrected chi connectivity index (χ3v) is 15.9. The van der Waals surface area contributed by atoms with E-state index in [0.29, 0.717) is 27.9 Å². The van der Waals surface area contributed by atoms with Gasteiger partial charge in [0.05, 0.1) is 10.6 Å². The fourth-order valence-corrected chi connectivity index (χ4v) is 13.3. The van der Waals surface area contributed by atoms with Gasteiger partial charge < -0.3 is 15.7 Å². The lowest BCUT2D eigenvalue weighted by atomic mass is 9.33. The van der Waals surface area contributed by atoms with Crippen LogP contribution in [0.25, 0.3) is 5.57 Å². The molecule has 0 aliphatic heterocycles. The second-order valence-electron chi connectivity index (χ2n) is 17.6. The highest BCUT2D eigenvalue weighted by Gasteiger charge is 2.69. The number of thioether (sulfide) groups is 1. The van der Waals surface area contributed by atoms with Crippen LogP contribution in [0, 0.1) is 45.3 Å². The molecule has 0 radical (unpaired) electrons. The average molecular weight is 698 g/mol. The number of aromatic carboxylic acids is 1. The zero-order chi connectivity index (χ0) is 36.0. The van der Waals surface area contributed by atoms with E-state index in [2.05, 4.69) is 82.4 Å². The molecule has 7 rings (SSSR count). The van der Waals surface area contributed by atoms with Crippen molar-refractivity contribution in [3.8, 4) is 0 Å². The predicted molar refractivity (Wildman–Crippen MR) is 211 cm³/mol. The Morgan fingerprint density at radius 3 is 2.36 bits per heavy atom. The minimum atomic E-state index is -0.854. The van der Waals surface area contributed by atoms with E-state index in [1.807, 2.05) is 19.1 Å². The molecule has 0 saturated heterocycles. The number of carboxylic acid groups (broad SMARTS) is 1. The van der Waals surface area contributed by atoms with E-state index in [-0.39, 0.29) is 10.8 Å². The van der Waals surface area contributed by atoms with Crippen LogP contribution in [0.4, 0.5) is 5.82 Å². The number of rotatable bonds is 8. The van der Waals surface area contributed by atoms with Crippen LogP contribution in [0.5, 0.6) is 0 Å². The summed E-state index contributed by atoms with van der Waals surface area (Å²) in [5, 5.41) is 18.3. The van der Waals surface area contributed by atoms with Gasteiger partial charge in [0.25, 0.3) is 0 Å². The van der Waals surface area contributed by atoms with Gasteiger partial charge in [-0.05, 0) is 152 Å². The van der Waals surface area contributed by atoms with Crippen molar-refractivity contribution in [1.29, 1.82) is 0 Å². The van der Waals surface area contributed by atoms with Gasteiger partial charge in [0.15, 0.2) is 0 Å². The molecule has 7 unspecified atom stereocenters. The average Bonchev–Trinajstić information content (AvgIpc) is 3.51. The van der Waals surface area contributed by atoms with Gasteiger partial charge in [0.2, 0.25) is 0 Å². The smallest absolute Gasteiger partial charge is 0.335 e. The number of pyridine rings is 1. The Bertz CT molecular complexity index is 1590. The lowest BCUT2D eigenvalue weighted by molar-refractivity contribution is -0.216. The van der Waals surface area contributed by atoms with E-state index < -0.39 is 5.97 Å². The number of nitrogens with zero attached hydrogens (tertiary/aromatic N) is 1. The highest BCUT2D eigenvalue weighted by molar-refractivity contribution is 7.98. The summed E-state index contributed by atoms with van der Waals surface area (Å²) in [7, 11) is 0. The Hall–Kier alpha value is -2.57. The molecule has 272 valence electrons. The van der Waals surface area contributed by atoms with Crippen molar-refractivity contribution in [2.24, 2.45) is 45.3 Å². The second-order valence-corrected chi connectivity index (χ2v) is 18.4. The van der Waals surface area contributed by atoms with Crippen molar-refractivity contribution in [3.63, 3.8) is 0 Å². The van der Waals surface area contributed by atoms with Gasteiger partial charge in [-0.15, -0.1) is 18.3 Å². The number of hydrogen-bond acceptors (Lipinski definition) is 5. The molecule has 0 amide bonds. The summed E-state index contributed by atoms with van der Waals surface area (Å²) in [6.07, 6.45) is 19.6. The number of benzene rings is 1. The number of fused-ring (bicyclic) bond motifs is 7. The normalized spacial score (nSPS) is 36.7. The molecule has 3 N–H and O–H groups in total. The summed E-state index contributed by atoms with van der Waals surface area (Å²) in [6, 6.07) is 13.9. The van der Waals surface area contributed by atoms with Gasteiger partial charge >= 0.3 is 5.97 Å². The summed E-state index contributed by atoms with van der Waals surface area (Å²) in [4.78, 5) is 16.2. The van der Waals surface area contributed by atoms with Gasteiger partial charge in [-0.1, -0.05) is 71.4 Å². The van der Waals surface area contributed by atoms with Crippen molar-refractivity contribution in [1.82, 2.24) is 10.3 Å². The molecule has 1 heterocycles. The zero-order valence-corrected chi connectivity index (χ0v) is 32.7. The maximum absolute atomic E-state index is 11.5. The molecule has 5 nitrogen and oxygen atoms in total. The van der Waals surface area contributed by atoms with Crippen molar-refractivity contribution in [3.05, 3.63) is 72.3 Å². The first-order chi connectivity index (χ1) is 23.8. The van der Waals surface area contributed by atoms with E-state index >= 15 is 0 Å². The van der Waals surface area contributed by atoms with Gasteiger partial charge in [-0.25, -0.2) is 9.78 Å². The van der Waals surface area contributed by atoms with E-state index in [1.54, 1.807) is 30.0 Å². The lowest BCUT2D eigenvalue weighted by Crippen LogP contribution is -2.67. The minimum absolute atomic E-state index is 0.0498. The molecular weight excluding hydrogens is 635 g/mol. The third-order valence-electron chi connectivity index (χ3n) is 15.2. The van der Waals surface area contributed by atoms with E-state index in [4.69, 9.17) is 4.98 Å². The fraction of sp³-hybridized carbons (Fsp3) is 0.636. The standard InChI is InChI=1S/C41H57N3O2S.C3H6/c1-37(2)29(27-12-14-28(15-13-27)36(45)46)18-21-38(3)32(37)19-22-40(5)33(38)17-16-30-31-9-8-20-41(31,24-23-39(30,40)4)43-26-25-42-34-10-7-11-35(44-34)47-6;1-3-2/h7,10-15,18,30-33,43H,8-9,16-17,19-26H2,1-6H3,(H,42,44)(H,45,46);3H,1H2,2H3/t30?,31?,32?,33?,38?,39-,40?,41?;/m1./s1. The number of carbonyl (C=O) groups is 1. The Balaban J connectivity index is 0.00000139. The Morgan fingerprint density at radius 1 is 0.920 bits per heavy atom. The summed E-state index contributed by atoms with van der Waals surface area (Å²) < 4.78 is 0. The second kappa shape index (κ2) is 14.1. The molecule has 4 fully saturated rings. The maximum atomic E-state index is 11.5. The molecule has 0 spiro atoms. The largest absolute Gasteiger partial charge is 0.478 e. The topological polar surface area (TPSA) is 74.2 Å². The monoisotopic (exact) mass is 697 g/mol. The van der Waals surface area contributed by atoms with Crippen molar-refractivity contribution in [2.75, 3.05) is 24.7 Å². The molecule has 6 heteroatoms. The van der Waals surface area contributed by atoms with Gasteiger partial charge in [-0.2, -0.15) is 0 Å². The number of nitrogens with one attached hydrogen (secondary N) is 2. The van der Waals surface area contributed by atoms with Crippen molar-refractivity contribution in [2.45, 2.75) is 116 Å². The molecule has 5 aliphatic carbocycles. The summed E-state index contributed by atoms with van der Waals surface area (Å²) >= 11 is 1.69. The Kier molecular flexibility index (Phi) is 10.5. The van der Waals surface area contributed by atoms with E-state index in [9.17, 15) is 9.90 Å². The van der Waals surface area contributed by atoms with Crippen LogP contribution < -0.4 is 10.6 Å². The summed E-state index contributed by atoms with van der Waals surface area (Å²) in [6.45, 7) is 20.2. The molecule has 4 saturated carbocycles. The Morgan fingerprint density at radius 2 is 1.66 bits per heavy atom. The molecule has 5 aliphatic rings. The first-order valence-corrected chi connectivity index (χ1v) is 20.6. The maximum Gasteiger partial charge on any atom is 0.335 e. The number of hydrogen-bond donors (Lipinski definition) is 3. The van der Waals surface area contributed by atoms with E-state index in [0.717, 1.165) is 48.1 Å². The lowest BCUT2D eigenvalue weighted by Gasteiger charge is -2.72. The van der Waals surface area contributed by atoms with Crippen LogP contribution in [0.15, 0.2) is 66.2 Å². The van der Waals surface area contributed by atoms with Crippen molar-refractivity contribution >= 4 is 29.1 Å². The minimum Gasteiger partial charge on any atom is -0.478 e. The number of carboxylic acids is 1. The van der Waals surface area contributed by atoms with E-state index in [1.165, 1.54) is 68.9 Å².